The number of carbonyl (C=O) groups excluding carboxylic acids is 1. The molecule has 3 aromatic carbocycles. The number of benzene rings is 3. The number of carbonyl (C=O) groups is 1. The van der Waals surface area contributed by atoms with Crippen molar-refractivity contribution in [1.82, 2.24) is 0 Å². The van der Waals surface area contributed by atoms with Gasteiger partial charge in [0.1, 0.15) is 24.2 Å². The van der Waals surface area contributed by atoms with Gasteiger partial charge in [0.05, 0.1) is 11.9 Å². The van der Waals surface area contributed by atoms with Gasteiger partial charge in [0.25, 0.3) is 0 Å². The molecule has 1 N–H and O–H groups in total. The smallest absolute Gasteiger partial charge is 0.247 e. The van der Waals surface area contributed by atoms with E-state index in [2.05, 4.69) is 5.32 Å². The molecule has 3 aromatic rings. The second-order valence-corrected chi connectivity index (χ2v) is 8.86. The lowest BCUT2D eigenvalue weighted by molar-refractivity contribution is -0.116. The second-order valence-electron chi connectivity index (χ2n) is 7.00. The largest absolute Gasteiger partial charge is 0.489 e. The Labute approximate surface area is 181 Å². The number of nitrogens with one attached hydrogen (secondary N) is 1. The highest BCUT2D eigenvalue weighted by atomic mass is 32.2. The highest BCUT2D eigenvalue weighted by Gasteiger charge is 2.29. The third-order valence-electron chi connectivity index (χ3n) is 4.54. The lowest BCUT2D eigenvalue weighted by Gasteiger charge is -2.28. The van der Waals surface area contributed by atoms with Gasteiger partial charge >= 0.3 is 0 Å². The zero-order chi connectivity index (χ0) is 22.4. The van der Waals surface area contributed by atoms with Crippen molar-refractivity contribution in [1.29, 1.82) is 0 Å². The van der Waals surface area contributed by atoms with Crippen molar-refractivity contribution in [2.45, 2.75) is 19.6 Å². The first-order valence-corrected chi connectivity index (χ1v) is 11.4. The van der Waals surface area contributed by atoms with E-state index in [4.69, 9.17) is 4.74 Å². The molecule has 3 rings (SSSR count). The van der Waals surface area contributed by atoms with Gasteiger partial charge < -0.3 is 10.1 Å². The molecule has 162 valence electrons. The summed E-state index contributed by atoms with van der Waals surface area (Å²) < 4.78 is 44.5. The van der Waals surface area contributed by atoms with Gasteiger partial charge in [0.15, 0.2) is 0 Å². The lowest BCUT2D eigenvalue weighted by atomic mass is 10.2. The predicted molar refractivity (Wildman–Crippen MR) is 119 cm³/mol. The molecule has 1 amide bonds. The highest BCUT2D eigenvalue weighted by molar-refractivity contribution is 7.92. The lowest BCUT2D eigenvalue weighted by Crippen LogP contribution is -2.45. The molecule has 0 fully saturated rings. The van der Waals surface area contributed by atoms with Gasteiger partial charge in [-0.25, -0.2) is 12.8 Å². The molecule has 0 bridgehead atoms. The number of rotatable bonds is 8. The third-order valence-corrected chi connectivity index (χ3v) is 5.78. The van der Waals surface area contributed by atoms with E-state index in [1.54, 1.807) is 24.3 Å². The average molecular weight is 443 g/mol. The van der Waals surface area contributed by atoms with Gasteiger partial charge in [-0.1, -0.05) is 30.3 Å². The second kappa shape index (κ2) is 9.61. The van der Waals surface area contributed by atoms with Crippen LogP contribution < -0.4 is 14.4 Å². The van der Waals surface area contributed by atoms with Crippen molar-refractivity contribution in [2.75, 3.05) is 15.9 Å². The van der Waals surface area contributed by atoms with Crippen LogP contribution >= 0.6 is 0 Å². The van der Waals surface area contributed by atoms with E-state index in [1.807, 2.05) is 30.3 Å². The van der Waals surface area contributed by atoms with E-state index in [9.17, 15) is 17.6 Å². The summed E-state index contributed by atoms with van der Waals surface area (Å²) in [5, 5.41) is 2.70. The van der Waals surface area contributed by atoms with Gasteiger partial charge in [-0.05, 0) is 61.0 Å². The van der Waals surface area contributed by atoms with Crippen LogP contribution in [0, 0.1) is 5.82 Å². The third kappa shape index (κ3) is 6.05. The predicted octanol–water partition coefficient (Wildman–Crippen LogP) is 4.20. The molecule has 0 aliphatic rings. The average Bonchev–Trinajstić information content (AvgIpc) is 2.74. The van der Waals surface area contributed by atoms with Crippen LogP contribution in [0.4, 0.5) is 15.8 Å². The summed E-state index contributed by atoms with van der Waals surface area (Å²) in [5.74, 6) is -0.379. The maximum Gasteiger partial charge on any atom is 0.247 e. The SMILES string of the molecule is C[C@H](C(=O)Nc1ccc(OCc2ccccc2)cc1)N(c1ccc(F)cc1)S(C)(=O)=O. The van der Waals surface area contributed by atoms with Gasteiger partial charge in [-0.3, -0.25) is 9.10 Å². The molecule has 0 aliphatic heterocycles. The fourth-order valence-corrected chi connectivity index (χ4v) is 4.19. The van der Waals surface area contributed by atoms with Crippen LogP contribution in [-0.2, 0) is 21.4 Å². The van der Waals surface area contributed by atoms with E-state index in [-0.39, 0.29) is 5.69 Å². The van der Waals surface area contributed by atoms with E-state index < -0.39 is 27.8 Å². The molecule has 6 nitrogen and oxygen atoms in total. The summed E-state index contributed by atoms with van der Waals surface area (Å²) >= 11 is 0. The normalized spacial score (nSPS) is 12.1. The fraction of sp³-hybridized carbons (Fsp3) is 0.174. The number of hydrogen-bond acceptors (Lipinski definition) is 4. The molecule has 31 heavy (non-hydrogen) atoms. The number of sulfonamides is 1. The maximum atomic E-state index is 13.2. The maximum absolute atomic E-state index is 13.2. The Morgan fingerprint density at radius 3 is 2.19 bits per heavy atom. The first-order valence-electron chi connectivity index (χ1n) is 9.56. The Morgan fingerprint density at radius 2 is 1.61 bits per heavy atom. The minimum absolute atomic E-state index is 0.205. The van der Waals surface area contributed by atoms with Crippen molar-refractivity contribution in [3.05, 3.63) is 90.2 Å². The Bertz CT molecular complexity index is 1120. The summed E-state index contributed by atoms with van der Waals surface area (Å²) in [6.45, 7) is 1.89. The number of halogens is 1. The van der Waals surface area contributed by atoms with Crippen molar-refractivity contribution < 1.29 is 22.3 Å². The van der Waals surface area contributed by atoms with Crippen LogP contribution in [-0.4, -0.2) is 26.6 Å². The van der Waals surface area contributed by atoms with Crippen molar-refractivity contribution in [3.63, 3.8) is 0 Å². The molecule has 0 unspecified atom stereocenters. The molecule has 0 aromatic heterocycles. The topological polar surface area (TPSA) is 75.7 Å². The minimum Gasteiger partial charge on any atom is -0.489 e. The van der Waals surface area contributed by atoms with Crippen LogP contribution in [0.15, 0.2) is 78.9 Å². The van der Waals surface area contributed by atoms with Gasteiger partial charge in [0, 0.05) is 5.69 Å². The number of ether oxygens (including phenoxy) is 1. The molecular weight excluding hydrogens is 419 g/mol. The van der Waals surface area contributed by atoms with Crippen molar-refractivity contribution in [3.8, 4) is 5.75 Å². The molecule has 0 saturated heterocycles. The molecule has 0 spiro atoms. The molecule has 0 radical (unpaired) electrons. The summed E-state index contributed by atoms with van der Waals surface area (Å²) in [7, 11) is -3.78. The quantitative estimate of drug-likeness (QED) is 0.567. The number of amides is 1. The van der Waals surface area contributed by atoms with Gasteiger partial charge in [0.2, 0.25) is 15.9 Å². The van der Waals surface area contributed by atoms with Crippen molar-refractivity contribution in [2.24, 2.45) is 0 Å². The van der Waals surface area contributed by atoms with E-state index in [0.29, 0.717) is 18.0 Å². The molecule has 8 heteroatoms. The summed E-state index contributed by atoms with van der Waals surface area (Å²) in [6, 6.07) is 20.4. The zero-order valence-electron chi connectivity index (χ0n) is 17.2. The summed E-state index contributed by atoms with van der Waals surface area (Å²) in [4.78, 5) is 12.7. The highest BCUT2D eigenvalue weighted by Crippen LogP contribution is 2.23. The zero-order valence-corrected chi connectivity index (χ0v) is 18.0. The standard InChI is InChI=1S/C23H23FN2O4S/c1-17(26(31(2,28)29)21-12-8-19(24)9-13-21)23(27)25-20-10-14-22(15-11-20)30-16-18-6-4-3-5-7-18/h3-15,17H,16H2,1-2H3,(H,25,27)/t17-/m1/s1. The molecule has 0 aliphatic carbocycles. The number of anilines is 2. The van der Waals surface area contributed by atoms with Gasteiger partial charge in [-0.15, -0.1) is 0 Å². The van der Waals surface area contributed by atoms with Gasteiger partial charge in [-0.2, -0.15) is 0 Å². The van der Waals surface area contributed by atoms with E-state index in [0.717, 1.165) is 28.3 Å². The Balaban J connectivity index is 1.67. The number of nitrogens with zero attached hydrogens (tertiary/aromatic N) is 1. The monoisotopic (exact) mass is 442 g/mol. The molecule has 1 atom stereocenters. The fourth-order valence-electron chi connectivity index (χ4n) is 3.02. The van der Waals surface area contributed by atoms with Crippen LogP contribution in [0.5, 0.6) is 5.75 Å². The van der Waals surface area contributed by atoms with Crippen LogP contribution in [0.2, 0.25) is 0 Å². The summed E-state index contributed by atoms with van der Waals surface area (Å²) in [5.41, 5.74) is 1.74. The Kier molecular flexibility index (Phi) is 6.91. The molecule has 0 heterocycles. The van der Waals surface area contributed by atoms with E-state index in [1.165, 1.54) is 19.1 Å². The first-order chi connectivity index (χ1) is 14.7. The Hall–Kier alpha value is -3.39. The Morgan fingerprint density at radius 1 is 1.00 bits per heavy atom. The van der Waals surface area contributed by atoms with Crippen LogP contribution in [0.25, 0.3) is 0 Å². The molecular formula is C23H23FN2O4S. The molecule has 0 saturated carbocycles. The minimum atomic E-state index is -3.78. The van der Waals surface area contributed by atoms with Crippen LogP contribution in [0.3, 0.4) is 0 Å². The summed E-state index contributed by atoms with van der Waals surface area (Å²) in [6.07, 6.45) is 0.999. The van der Waals surface area contributed by atoms with Crippen LogP contribution in [0.1, 0.15) is 12.5 Å². The first kappa shape index (κ1) is 22.3. The number of hydrogen-bond donors (Lipinski definition) is 1. The van der Waals surface area contributed by atoms with Crippen molar-refractivity contribution >= 4 is 27.3 Å². The van der Waals surface area contributed by atoms with E-state index >= 15 is 0 Å².